The molecule has 1 fully saturated rings. The summed E-state index contributed by atoms with van der Waals surface area (Å²) in [7, 11) is 0. The van der Waals surface area contributed by atoms with Crippen LogP contribution in [0.1, 0.15) is 28.6 Å². The zero-order valence-corrected chi connectivity index (χ0v) is 21.9. The Balaban J connectivity index is 1.30. The maximum atomic E-state index is 13.2. The third-order valence-electron chi connectivity index (χ3n) is 6.76. The van der Waals surface area contributed by atoms with Gasteiger partial charge in [-0.25, -0.2) is 15.0 Å². The summed E-state index contributed by atoms with van der Waals surface area (Å²) in [6.45, 7) is 1.92. The molecule has 0 radical (unpaired) electrons. The highest BCUT2D eigenvalue weighted by Gasteiger charge is 2.57. The number of carbonyl (C=O) groups is 1. The van der Waals surface area contributed by atoms with Gasteiger partial charge in [0.05, 0.1) is 22.9 Å². The number of carbonyl (C=O) groups excluding carboxylic acids is 1. The second kappa shape index (κ2) is 9.40. The molecule has 1 amide bonds. The first kappa shape index (κ1) is 25.9. The first-order valence-electron chi connectivity index (χ1n) is 12.0. The van der Waals surface area contributed by atoms with Gasteiger partial charge in [-0.3, -0.25) is 9.69 Å². The van der Waals surface area contributed by atoms with Crippen LogP contribution < -0.4 is 15.4 Å². The number of fused-ring (bicyclic) bond motifs is 5. The van der Waals surface area contributed by atoms with Gasteiger partial charge in [0.25, 0.3) is 5.91 Å². The molecule has 2 aliphatic heterocycles. The van der Waals surface area contributed by atoms with Crippen LogP contribution in [0.15, 0.2) is 24.5 Å². The number of rotatable bonds is 4. The van der Waals surface area contributed by atoms with E-state index in [1.807, 2.05) is 13.0 Å². The quantitative estimate of drug-likeness (QED) is 0.306. The Morgan fingerprint density at radius 3 is 2.87 bits per heavy atom. The third-order valence-corrected chi connectivity index (χ3v) is 8.09. The number of β-amino-alcohol motifs (C(OH)–C–C–N with tert-alkyl or cyclic N) is 1. The van der Waals surface area contributed by atoms with Crippen molar-refractivity contribution in [1.29, 1.82) is 0 Å². The van der Waals surface area contributed by atoms with Crippen molar-refractivity contribution in [3.63, 3.8) is 0 Å². The van der Waals surface area contributed by atoms with Crippen molar-refractivity contribution in [3.8, 4) is 11.8 Å². The molecule has 1 aromatic carbocycles. The molecule has 5 heterocycles. The molecule has 1 unspecified atom stereocenters. The lowest BCUT2D eigenvalue weighted by molar-refractivity contribution is -0.254. The summed E-state index contributed by atoms with van der Waals surface area (Å²) in [6.07, 6.45) is -2.40. The highest BCUT2D eigenvalue weighted by molar-refractivity contribution is 7.21. The molecule has 1 saturated heterocycles. The van der Waals surface area contributed by atoms with E-state index >= 15 is 0 Å². The number of aliphatic hydroxyl groups is 1. The van der Waals surface area contributed by atoms with Gasteiger partial charge < -0.3 is 20.5 Å². The number of aromatic nitrogens is 4. The van der Waals surface area contributed by atoms with Gasteiger partial charge in [-0.1, -0.05) is 0 Å². The molecule has 3 N–H and O–H groups in total. The highest BCUT2D eigenvalue weighted by Crippen LogP contribution is 2.41. The van der Waals surface area contributed by atoms with Crippen LogP contribution >= 0.6 is 22.9 Å². The summed E-state index contributed by atoms with van der Waals surface area (Å²) in [5.41, 5.74) is -0.604. The van der Waals surface area contributed by atoms with Crippen molar-refractivity contribution in [2.75, 3.05) is 25.0 Å². The number of benzene rings is 1. The molecule has 3 aromatic heterocycles. The Hall–Kier alpha value is -3.33. The van der Waals surface area contributed by atoms with Gasteiger partial charge in [-0.2, -0.15) is 18.2 Å². The normalized spacial score (nSPS) is 22.0. The number of thiophene rings is 1. The number of hydrogen-bond donors (Lipinski definition) is 3. The standard InChI is InChI=1S/C24H21ClF3N7O3S/c1-11-6-29-18-16-14(39-19(18)20(36)32-11)3-2-13-17(16)30-8-15(33-13)38-21-12(7-31-22(25)34-21)9-35-5-4-23(37,10-35)24(26,27)28/h2-3,7-8,11,29,37H,4-6,9-10H2,1H3,(H,32,36)/t11-,23?/m1/s1. The Morgan fingerprint density at radius 1 is 1.28 bits per heavy atom. The molecule has 0 aliphatic carbocycles. The first-order chi connectivity index (χ1) is 18.5. The van der Waals surface area contributed by atoms with Gasteiger partial charge in [0.1, 0.15) is 4.88 Å². The average Bonchev–Trinajstić information content (AvgIpc) is 3.41. The van der Waals surface area contributed by atoms with Crippen LogP contribution in [0.3, 0.4) is 0 Å². The molecule has 6 rings (SSSR count). The van der Waals surface area contributed by atoms with Crippen LogP contribution in [0.5, 0.6) is 11.8 Å². The fourth-order valence-corrected chi connectivity index (χ4v) is 5.98. The fraction of sp³-hybridized carbons (Fsp3) is 0.375. The monoisotopic (exact) mass is 579 g/mol. The molecule has 0 bridgehead atoms. The van der Waals surface area contributed by atoms with E-state index < -0.39 is 24.7 Å². The van der Waals surface area contributed by atoms with Crippen LogP contribution in [0, 0.1) is 0 Å². The average molecular weight is 580 g/mol. The van der Waals surface area contributed by atoms with Gasteiger partial charge >= 0.3 is 6.18 Å². The summed E-state index contributed by atoms with van der Waals surface area (Å²) in [5, 5.41) is 17.0. The molecule has 204 valence electrons. The van der Waals surface area contributed by atoms with Gasteiger partial charge in [-0.05, 0) is 37.1 Å². The Bertz CT molecular complexity index is 1620. The van der Waals surface area contributed by atoms with E-state index in [1.165, 1.54) is 28.6 Å². The first-order valence-corrected chi connectivity index (χ1v) is 13.2. The number of ether oxygens (including phenoxy) is 1. The lowest BCUT2D eigenvalue weighted by Gasteiger charge is -2.26. The zero-order chi connectivity index (χ0) is 27.5. The molecule has 0 spiro atoms. The minimum absolute atomic E-state index is 0.000277. The lowest BCUT2D eigenvalue weighted by Crippen LogP contribution is -2.47. The number of alkyl halides is 3. The molecule has 0 saturated carbocycles. The molecule has 2 atom stereocenters. The molecular weight excluding hydrogens is 559 g/mol. The second-order valence-electron chi connectivity index (χ2n) is 9.64. The second-order valence-corrected chi connectivity index (χ2v) is 11.0. The van der Waals surface area contributed by atoms with E-state index in [2.05, 4.69) is 30.6 Å². The number of likely N-dealkylation sites (tertiary alicyclic amines) is 1. The molecule has 39 heavy (non-hydrogen) atoms. The van der Waals surface area contributed by atoms with Crippen molar-refractivity contribution in [2.24, 2.45) is 0 Å². The van der Waals surface area contributed by atoms with Crippen LogP contribution in [0.25, 0.3) is 21.1 Å². The largest absolute Gasteiger partial charge is 0.418 e. The van der Waals surface area contributed by atoms with Crippen molar-refractivity contribution >= 4 is 55.7 Å². The summed E-state index contributed by atoms with van der Waals surface area (Å²) >= 11 is 7.34. The van der Waals surface area contributed by atoms with E-state index in [1.54, 1.807) is 6.07 Å². The van der Waals surface area contributed by atoms with Gasteiger partial charge in [0, 0.05) is 54.1 Å². The van der Waals surface area contributed by atoms with E-state index in [0.717, 1.165) is 10.1 Å². The summed E-state index contributed by atoms with van der Waals surface area (Å²) in [4.78, 5) is 31.8. The number of nitrogens with one attached hydrogen (secondary N) is 2. The lowest BCUT2D eigenvalue weighted by atomic mass is 10.0. The predicted octanol–water partition coefficient (Wildman–Crippen LogP) is 4.12. The number of nitrogens with zero attached hydrogens (tertiary/aromatic N) is 5. The Labute approximate surface area is 228 Å². The predicted molar refractivity (Wildman–Crippen MR) is 138 cm³/mol. The van der Waals surface area contributed by atoms with Crippen LogP contribution in [-0.4, -0.2) is 73.3 Å². The maximum absolute atomic E-state index is 13.2. The summed E-state index contributed by atoms with van der Waals surface area (Å²) in [5.74, 6) is -0.0414. The molecule has 15 heteroatoms. The van der Waals surface area contributed by atoms with Crippen molar-refractivity contribution in [2.45, 2.75) is 37.7 Å². The Kier molecular flexibility index (Phi) is 6.25. The van der Waals surface area contributed by atoms with Gasteiger partial charge in [-0.15, -0.1) is 11.3 Å². The van der Waals surface area contributed by atoms with E-state index in [4.69, 9.17) is 16.3 Å². The van der Waals surface area contributed by atoms with Crippen LogP contribution in [0.2, 0.25) is 5.28 Å². The minimum atomic E-state index is -4.73. The topological polar surface area (TPSA) is 125 Å². The third kappa shape index (κ3) is 4.71. The minimum Gasteiger partial charge on any atom is -0.418 e. The highest BCUT2D eigenvalue weighted by atomic mass is 35.5. The van der Waals surface area contributed by atoms with Crippen molar-refractivity contribution < 1.29 is 27.8 Å². The molecule has 2 aliphatic rings. The smallest absolute Gasteiger partial charge is 0.418 e. The van der Waals surface area contributed by atoms with E-state index in [9.17, 15) is 23.1 Å². The molecular formula is C24H21ClF3N7O3S. The number of halogens is 4. The van der Waals surface area contributed by atoms with Crippen molar-refractivity contribution in [1.82, 2.24) is 30.2 Å². The van der Waals surface area contributed by atoms with Crippen molar-refractivity contribution in [3.05, 3.63) is 40.3 Å². The van der Waals surface area contributed by atoms with Crippen LogP contribution in [0.4, 0.5) is 18.9 Å². The van der Waals surface area contributed by atoms with Gasteiger partial charge in [0.2, 0.25) is 17.0 Å². The SMILES string of the molecule is C[C@@H]1CNc2c(sc3ccc4nc(Oc5nc(Cl)ncc5CN5CCC(O)(C(F)(F)F)C5)cnc4c23)C(=O)N1. The molecule has 4 aromatic rings. The summed E-state index contributed by atoms with van der Waals surface area (Å²) in [6, 6.07) is 3.59. The van der Waals surface area contributed by atoms with Crippen LogP contribution in [-0.2, 0) is 6.54 Å². The zero-order valence-electron chi connectivity index (χ0n) is 20.3. The number of amides is 1. The number of hydrogen-bond acceptors (Lipinski definition) is 10. The molecule has 10 nitrogen and oxygen atoms in total. The maximum Gasteiger partial charge on any atom is 0.418 e. The van der Waals surface area contributed by atoms with Gasteiger partial charge in [0.15, 0.2) is 5.60 Å². The number of anilines is 1. The van der Waals surface area contributed by atoms with E-state index in [0.29, 0.717) is 33.7 Å². The Morgan fingerprint density at radius 2 is 2.10 bits per heavy atom. The summed E-state index contributed by atoms with van der Waals surface area (Å²) < 4.78 is 46.5. The van der Waals surface area contributed by atoms with E-state index in [-0.39, 0.29) is 42.1 Å². The fourth-order valence-electron chi connectivity index (χ4n) is 4.77.